The topological polar surface area (TPSA) is 48.0 Å². The highest BCUT2D eigenvalue weighted by Crippen LogP contribution is 2.33. The molecule has 2 aliphatic heterocycles. The lowest BCUT2D eigenvalue weighted by Gasteiger charge is -2.41. The third kappa shape index (κ3) is 4.02. The maximum atomic E-state index is 10.0. The molecular weight excluding hydrogens is 302 g/mol. The van der Waals surface area contributed by atoms with E-state index in [0.717, 1.165) is 26.2 Å². The van der Waals surface area contributed by atoms with Gasteiger partial charge in [0.1, 0.15) is 0 Å². The molecule has 134 valence electrons. The van der Waals surface area contributed by atoms with Crippen LogP contribution in [0.15, 0.2) is 18.2 Å². The van der Waals surface area contributed by atoms with E-state index >= 15 is 0 Å². The molecule has 1 aromatic rings. The summed E-state index contributed by atoms with van der Waals surface area (Å²) in [7, 11) is 0. The maximum Gasteiger partial charge on any atom is 0.161 e. The number of hydrogen-bond acceptors (Lipinski definition) is 5. The van der Waals surface area contributed by atoms with Gasteiger partial charge in [-0.15, -0.1) is 0 Å². The summed E-state index contributed by atoms with van der Waals surface area (Å²) in [6.07, 6.45) is 2.62. The molecular formula is C19H31N3O2. The molecule has 0 radical (unpaired) electrons. The van der Waals surface area contributed by atoms with Crippen LogP contribution in [0.4, 0.5) is 0 Å². The summed E-state index contributed by atoms with van der Waals surface area (Å²) in [4.78, 5) is 5.18. The quantitative estimate of drug-likeness (QED) is 0.836. The molecule has 5 heteroatoms. The second-order valence-electron chi connectivity index (χ2n) is 6.97. The van der Waals surface area contributed by atoms with Gasteiger partial charge in [0.2, 0.25) is 0 Å². The average Bonchev–Trinajstić information content (AvgIpc) is 3.09. The zero-order chi connectivity index (χ0) is 16.9. The van der Waals surface area contributed by atoms with Crippen LogP contribution in [0, 0.1) is 0 Å². The molecule has 0 saturated carbocycles. The van der Waals surface area contributed by atoms with Crippen molar-refractivity contribution < 1.29 is 9.84 Å². The van der Waals surface area contributed by atoms with E-state index < -0.39 is 0 Å². The van der Waals surface area contributed by atoms with E-state index in [1.165, 1.54) is 31.5 Å². The summed E-state index contributed by atoms with van der Waals surface area (Å²) in [6.45, 7) is 11.4. The fraction of sp³-hybridized carbons (Fsp3) is 0.684. The predicted molar refractivity (Wildman–Crippen MR) is 96.7 cm³/mol. The predicted octanol–water partition coefficient (Wildman–Crippen LogP) is 2.22. The van der Waals surface area contributed by atoms with Crippen LogP contribution < -0.4 is 10.1 Å². The Hall–Kier alpha value is -1.30. The van der Waals surface area contributed by atoms with Crippen LogP contribution in [0.1, 0.15) is 38.3 Å². The minimum Gasteiger partial charge on any atom is -0.504 e. The first-order chi connectivity index (χ1) is 11.7. The van der Waals surface area contributed by atoms with Crippen molar-refractivity contribution >= 4 is 0 Å². The average molecular weight is 333 g/mol. The standard InChI is InChI=1S/C19H31N3O2/c1-3-24-19-12-16(6-7-18(19)23)17(14-21-9-4-5-10-21)22-11-8-20-13-15(22)2/h6-7,12,15,17,20,23H,3-5,8-11,13-14H2,1-2H3. The highest BCUT2D eigenvalue weighted by Gasteiger charge is 2.30. The first-order valence-electron chi connectivity index (χ1n) is 9.33. The molecule has 2 heterocycles. The van der Waals surface area contributed by atoms with Gasteiger partial charge in [-0.2, -0.15) is 0 Å². The van der Waals surface area contributed by atoms with E-state index in [1.54, 1.807) is 6.07 Å². The number of hydrogen-bond donors (Lipinski definition) is 2. The van der Waals surface area contributed by atoms with Crippen molar-refractivity contribution in [1.29, 1.82) is 0 Å². The Morgan fingerprint density at radius 3 is 2.79 bits per heavy atom. The largest absolute Gasteiger partial charge is 0.504 e. The number of phenolic OH excluding ortho intramolecular Hbond substituents is 1. The number of likely N-dealkylation sites (tertiary alicyclic amines) is 1. The summed E-state index contributed by atoms with van der Waals surface area (Å²) in [6, 6.07) is 6.74. The van der Waals surface area contributed by atoms with Gasteiger partial charge in [0.05, 0.1) is 6.61 Å². The number of ether oxygens (including phenoxy) is 1. The normalized spacial score (nSPS) is 24.2. The van der Waals surface area contributed by atoms with Crippen molar-refractivity contribution in [3.05, 3.63) is 23.8 Å². The summed E-state index contributed by atoms with van der Waals surface area (Å²) < 4.78 is 5.62. The molecule has 0 bridgehead atoms. The van der Waals surface area contributed by atoms with Crippen LogP contribution in [-0.4, -0.2) is 66.8 Å². The van der Waals surface area contributed by atoms with Gasteiger partial charge in [0.15, 0.2) is 11.5 Å². The second-order valence-corrected chi connectivity index (χ2v) is 6.97. The number of phenols is 1. The molecule has 2 N–H and O–H groups in total. The zero-order valence-corrected chi connectivity index (χ0v) is 15.0. The number of aromatic hydroxyl groups is 1. The lowest BCUT2D eigenvalue weighted by Crippen LogP contribution is -2.52. The van der Waals surface area contributed by atoms with Gasteiger partial charge in [0.25, 0.3) is 0 Å². The van der Waals surface area contributed by atoms with Crippen LogP contribution in [-0.2, 0) is 0 Å². The van der Waals surface area contributed by atoms with Crippen LogP contribution >= 0.6 is 0 Å². The number of rotatable bonds is 6. The number of piperazine rings is 1. The van der Waals surface area contributed by atoms with Gasteiger partial charge >= 0.3 is 0 Å². The Balaban J connectivity index is 1.86. The van der Waals surface area contributed by atoms with Crippen molar-refractivity contribution in [2.45, 2.75) is 38.8 Å². The van der Waals surface area contributed by atoms with Crippen molar-refractivity contribution in [3.63, 3.8) is 0 Å². The molecule has 2 unspecified atom stereocenters. The smallest absolute Gasteiger partial charge is 0.161 e. The van der Waals surface area contributed by atoms with Crippen molar-refractivity contribution in [1.82, 2.24) is 15.1 Å². The first-order valence-corrected chi connectivity index (χ1v) is 9.33. The summed E-state index contributed by atoms with van der Waals surface area (Å²) in [5, 5.41) is 13.5. The molecule has 3 rings (SSSR count). The van der Waals surface area contributed by atoms with Gasteiger partial charge in [0, 0.05) is 38.3 Å². The third-order valence-electron chi connectivity index (χ3n) is 5.25. The molecule has 2 aliphatic rings. The molecule has 0 amide bonds. The van der Waals surface area contributed by atoms with E-state index in [2.05, 4.69) is 28.1 Å². The van der Waals surface area contributed by atoms with Gasteiger partial charge in [-0.25, -0.2) is 0 Å². The van der Waals surface area contributed by atoms with Crippen molar-refractivity contribution in [2.75, 3.05) is 45.9 Å². The second kappa shape index (κ2) is 8.19. The highest BCUT2D eigenvalue weighted by molar-refractivity contribution is 5.43. The molecule has 0 aromatic heterocycles. The summed E-state index contributed by atoms with van der Waals surface area (Å²) in [5.41, 5.74) is 1.25. The first kappa shape index (κ1) is 17.5. The molecule has 2 saturated heterocycles. The summed E-state index contributed by atoms with van der Waals surface area (Å²) in [5.74, 6) is 0.832. The van der Waals surface area contributed by atoms with Crippen molar-refractivity contribution in [3.8, 4) is 11.5 Å². The van der Waals surface area contributed by atoms with Crippen LogP contribution in [0.5, 0.6) is 11.5 Å². The van der Waals surface area contributed by atoms with E-state index in [1.807, 2.05) is 13.0 Å². The molecule has 5 nitrogen and oxygen atoms in total. The van der Waals surface area contributed by atoms with Gasteiger partial charge in [-0.05, 0) is 57.5 Å². The van der Waals surface area contributed by atoms with Crippen LogP contribution in [0.2, 0.25) is 0 Å². The number of nitrogens with one attached hydrogen (secondary N) is 1. The summed E-state index contributed by atoms with van der Waals surface area (Å²) >= 11 is 0. The molecule has 0 spiro atoms. The fourth-order valence-corrected chi connectivity index (χ4v) is 3.94. The highest BCUT2D eigenvalue weighted by atomic mass is 16.5. The minimum absolute atomic E-state index is 0.230. The van der Waals surface area contributed by atoms with Crippen LogP contribution in [0.3, 0.4) is 0 Å². The van der Waals surface area contributed by atoms with Gasteiger partial charge in [-0.1, -0.05) is 6.07 Å². The monoisotopic (exact) mass is 333 g/mol. The fourth-order valence-electron chi connectivity index (χ4n) is 3.94. The lowest BCUT2D eigenvalue weighted by atomic mass is 10.0. The molecule has 0 aliphatic carbocycles. The maximum absolute atomic E-state index is 10.0. The molecule has 2 atom stereocenters. The Morgan fingerprint density at radius 2 is 2.08 bits per heavy atom. The van der Waals surface area contributed by atoms with E-state index in [0.29, 0.717) is 24.4 Å². The van der Waals surface area contributed by atoms with E-state index in [4.69, 9.17) is 4.74 Å². The van der Waals surface area contributed by atoms with Crippen molar-refractivity contribution in [2.24, 2.45) is 0 Å². The number of nitrogens with zero attached hydrogens (tertiary/aromatic N) is 2. The molecule has 2 fully saturated rings. The zero-order valence-electron chi connectivity index (χ0n) is 15.0. The van der Waals surface area contributed by atoms with E-state index in [9.17, 15) is 5.11 Å². The SMILES string of the molecule is CCOc1cc(C(CN2CCCC2)N2CCNCC2C)ccc1O. The van der Waals surface area contributed by atoms with E-state index in [-0.39, 0.29) is 5.75 Å². The molecule has 1 aromatic carbocycles. The van der Waals surface area contributed by atoms with Gasteiger partial charge < -0.3 is 20.1 Å². The Morgan fingerprint density at radius 1 is 1.29 bits per heavy atom. The third-order valence-corrected chi connectivity index (χ3v) is 5.25. The Labute approximate surface area is 145 Å². The lowest BCUT2D eigenvalue weighted by molar-refractivity contribution is 0.0905. The minimum atomic E-state index is 0.230. The van der Waals surface area contributed by atoms with Crippen LogP contribution in [0.25, 0.3) is 0 Å². The Kier molecular flexibility index (Phi) is 5.98. The molecule has 24 heavy (non-hydrogen) atoms. The number of benzene rings is 1. The van der Waals surface area contributed by atoms with Gasteiger partial charge in [-0.3, -0.25) is 4.90 Å². The Bertz CT molecular complexity index is 531.